The van der Waals surface area contributed by atoms with Crippen LogP contribution in [-0.4, -0.2) is 55.9 Å². The molecule has 1 heterocycles. The molecular formula is C10H20N2O3. The monoisotopic (exact) mass is 216 g/mol. The minimum atomic E-state index is -0.534. The second-order valence-corrected chi connectivity index (χ2v) is 3.94. The molecule has 15 heavy (non-hydrogen) atoms. The van der Waals surface area contributed by atoms with E-state index in [1.54, 1.807) is 0 Å². The Bertz CT molecular complexity index is 209. The van der Waals surface area contributed by atoms with Crippen molar-refractivity contribution in [2.75, 3.05) is 26.9 Å². The summed E-state index contributed by atoms with van der Waals surface area (Å²) in [7, 11) is 1.51. The molecule has 1 fully saturated rings. The van der Waals surface area contributed by atoms with Crippen LogP contribution in [0.4, 0.5) is 0 Å². The summed E-state index contributed by atoms with van der Waals surface area (Å²) in [6.07, 6.45) is -0.534. The summed E-state index contributed by atoms with van der Waals surface area (Å²) in [4.78, 5) is 13.9. The molecule has 1 aliphatic heterocycles. The van der Waals surface area contributed by atoms with Gasteiger partial charge in [-0.3, -0.25) is 4.79 Å². The van der Waals surface area contributed by atoms with Gasteiger partial charge in [-0.15, -0.1) is 0 Å². The molecule has 5 nitrogen and oxygen atoms in total. The molecule has 0 radical (unpaired) electrons. The van der Waals surface area contributed by atoms with Crippen molar-refractivity contribution in [1.29, 1.82) is 0 Å². The highest BCUT2D eigenvalue weighted by Gasteiger charge is 2.33. The molecule has 1 amide bonds. The number of carbonyl (C=O) groups is 1. The van der Waals surface area contributed by atoms with Gasteiger partial charge in [-0.25, -0.2) is 0 Å². The quantitative estimate of drug-likeness (QED) is 0.697. The van der Waals surface area contributed by atoms with E-state index in [9.17, 15) is 4.79 Å². The van der Waals surface area contributed by atoms with Crippen LogP contribution in [0.5, 0.6) is 0 Å². The van der Waals surface area contributed by atoms with E-state index in [1.807, 2.05) is 18.7 Å². The normalized spacial score (nSPS) is 28.9. The van der Waals surface area contributed by atoms with Crippen molar-refractivity contribution in [2.45, 2.75) is 32.0 Å². The molecule has 0 aromatic rings. The Morgan fingerprint density at radius 1 is 1.53 bits per heavy atom. The van der Waals surface area contributed by atoms with E-state index in [1.165, 1.54) is 7.11 Å². The zero-order valence-electron chi connectivity index (χ0n) is 9.60. The zero-order valence-corrected chi connectivity index (χ0v) is 9.60. The number of hydrogen-bond donors (Lipinski definition) is 1. The fourth-order valence-corrected chi connectivity index (χ4v) is 1.90. The fraction of sp³-hybridized carbons (Fsp3) is 0.900. The van der Waals surface area contributed by atoms with Crippen molar-refractivity contribution in [1.82, 2.24) is 4.90 Å². The maximum absolute atomic E-state index is 12.0. The minimum absolute atomic E-state index is 0.0386. The summed E-state index contributed by atoms with van der Waals surface area (Å²) in [5.74, 6) is -0.0386. The topological polar surface area (TPSA) is 64.8 Å². The predicted octanol–water partition coefficient (Wildman–Crippen LogP) is -0.404. The first-order valence-electron chi connectivity index (χ1n) is 5.24. The number of morpholine rings is 1. The molecule has 0 aromatic heterocycles. The van der Waals surface area contributed by atoms with E-state index in [0.717, 1.165) is 0 Å². The van der Waals surface area contributed by atoms with Crippen LogP contribution in [0.3, 0.4) is 0 Å². The van der Waals surface area contributed by atoms with E-state index < -0.39 is 6.10 Å². The SMILES string of the molecule is COC(CN)C(=O)N1C(C)COCC1C. The summed E-state index contributed by atoms with van der Waals surface area (Å²) >= 11 is 0. The number of methoxy groups -OCH3 is 1. The molecule has 0 aromatic carbocycles. The maximum Gasteiger partial charge on any atom is 0.253 e. The molecular weight excluding hydrogens is 196 g/mol. The van der Waals surface area contributed by atoms with Gasteiger partial charge < -0.3 is 20.1 Å². The molecule has 1 rings (SSSR count). The number of rotatable bonds is 3. The predicted molar refractivity (Wildman–Crippen MR) is 56.4 cm³/mol. The Morgan fingerprint density at radius 2 is 2.07 bits per heavy atom. The Labute approximate surface area is 90.5 Å². The highest BCUT2D eigenvalue weighted by atomic mass is 16.5. The van der Waals surface area contributed by atoms with Gasteiger partial charge >= 0.3 is 0 Å². The average molecular weight is 216 g/mol. The largest absolute Gasteiger partial charge is 0.377 e. The van der Waals surface area contributed by atoms with Gasteiger partial charge in [0.25, 0.3) is 5.91 Å². The molecule has 3 unspecified atom stereocenters. The van der Waals surface area contributed by atoms with Crippen molar-refractivity contribution >= 4 is 5.91 Å². The summed E-state index contributed by atoms with van der Waals surface area (Å²) in [5.41, 5.74) is 5.48. The van der Waals surface area contributed by atoms with Gasteiger partial charge in [-0.1, -0.05) is 0 Å². The van der Waals surface area contributed by atoms with Crippen molar-refractivity contribution in [3.63, 3.8) is 0 Å². The van der Waals surface area contributed by atoms with E-state index in [0.29, 0.717) is 13.2 Å². The number of amides is 1. The molecule has 0 saturated carbocycles. The molecule has 5 heteroatoms. The number of hydrogen-bond acceptors (Lipinski definition) is 4. The second-order valence-electron chi connectivity index (χ2n) is 3.94. The first-order valence-corrected chi connectivity index (χ1v) is 5.24. The highest BCUT2D eigenvalue weighted by molar-refractivity contribution is 5.81. The van der Waals surface area contributed by atoms with Crippen LogP contribution >= 0.6 is 0 Å². The third-order valence-electron chi connectivity index (χ3n) is 2.70. The van der Waals surface area contributed by atoms with Gasteiger partial charge in [0.05, 0.1) is 25.3 Å². The van der Waals surface area contributed by atoms with Crippen LogP contribution in [0.25, 0.3) is 0 Å². The fourth-order valence-electron chi connectivity index (χ4n) is 1.90. The first-order chi connectivity index (χ1) is 7.11. The Hall–Kier alpha value is -0.650. The third kappa shape index (κ3) is 2.68. The lowest BCUT2D eigenvalue weighted by molar-refractivity contribution is -0.154. The van der Waals surface area contributed by atoms with Gasteiger partial charge in [0, 0.05) is 13.7 Å². The Kier molecular flexibility index (Phi) is 4.50. The Balaban J connectivity index is 2.70. The lowest BCUT2D eigenvalue weighted by atomic mass is 10.1. The maximum atomic E-state index is 12.0. The Morgan fingerprint density at radius 3 is 2.47 bits per heavy atom. The molecule has 0 aliphatic carbocycles. The highest BCUT2D eigenvalue weighted by Crippen LogP contribution is 2.15. The number of carbonyl (C=O) groups excluding carboxylic acids is 1. The first kappa shape index (κ1) is 12.4. The summed E-state index contributed by atoms with van der Waals surface area (Å²) in [5, 5.41) is 0. The molecule has 0 spiro atoms. The van der Waals surface area contributed by atoms with Gasteiger partial charge in [0.15, 0.2) is 0 Å². The molecule has 88 valence electrons. The van der Waals surface area contributed by atoms with Crippen molar-refractivity contribution in [3.05, 3.63) is 0 Å². The number of nitrogens with zero attached hydrogens (tertiary/aromatic N) is 1. The lowest BCUT2D eigenvalue weighted by Gasteiger charge is -2.40. The number of ether oxygens (including phenoxy) is 2. The average Bonchev–Trinajstić information content (AvgIpc) is 2.19. The van der Waals surface area contributed by atoms with Gasteiger partial charge in [0.2, 0.25) is 0 Å². The second kappa shape index (κ2) is 5.44. The van der Waals surface area contributed by atoms with Gasteiger partial charge in [-0.2, -0.15) is 0 Å². The van der Waals surface area contributed by atoms with Crippen molar-refractivity contribution in [2.24, 2.45) is 5.73 Å². The summed E-state index contributed by atoms with van der Waals surface area (Å²) < 4.78 is 10.4. The molecule has 3 atom stereocenters. The minimum Gasteiger partial charge on any atom is -0.377 e. The van der Waals surface area contributed by atoms with E-state index in [4.69, 9.17) is 15.2 Å². The van der Waals surface area contributed by atoms with E-state index >= 15 is 0 Å². The molecule has 1 aliphatic rings. The molecule has 0 bridgehead atoms. The van der Waals surface area contributed by atoms with Crippen LogP contribution in [0.15, 0.2) is 0 Å². The lowest BCUT2D eigenvalue weighted by Crippen LogP contribution is -2.56. The molecule has 1 saturated heterocycles. The van der Waals surface area contributed by atoms with Crippen LogP contribution in [0.1, 0.15) is 13.8 Å². The van der Waals surface area contributed by atoms with E-state index in [2.05, 4.69) is 0 Å². The van der Waals surface area contributed by atoms with Crippen molar-refractivity contribution < 1.29 is 14.3 Å². The van der Waals surface area contributed by atoms with Crippen LogP contribution in [0, 0.1) is 0 Å². The number of nitrogens with two attached hydrogens (primary N) is 1. The summed E-state index contributed by atoms with van der Waals surface area (Å²) in [6.45, 7) is 5.31. The van der Waals surface area contributed by atoms with Crippen LogP contribution in [-0.2, 0) is 14.3 Å². The third-order valence-corrected chi connectivity index (χ3v) is 2.70. The van der Waals surface area contributed by atoms with Crippen LogP contribution in [0.2, 0.25) is 0 Å². The smallest absolute Gasteiger partial charge is 0.253 e. The molecule has 2 N–H and O–H groups in total. The van der Waals surface area contributed by atoms with Crippen LogP contribution < -0.4 is 5.73 Å². The van der Waals surface area contributed by atoms with Crippen molar-refractivity contribution in [3.8, 4) is 0 Å². The van der Waals surface area contributed by atoms with Gasteiger partial charge in [-0.05, 0) is 13.8 Å². The zero-order chi connectivity index (χ0) is 11.4. The standard InChI is InChI=1S/C10H20N2O3/c1-7-5-15-6-8(2)12(7)10(13)9(4-11)14-3/h7-9H,4-6,11H2,1-3H3. The van der Waals surface area contributed by atoms with E-state index in [-0.39, 0.29) is 24.5 Å². The summed E-state index contributed by atoms with van der Waals surface area (Å²) in [6, 6.07) is 0.177. The van der Waals surface area contributed by atoms with Gasteiger partial charge in [0.1, 0.15) is 6.10 Å².